The highest BCUT2D eigenvalue weighted by molar-refractivity contribution is 7.89. The number of furan rings is 1. The van der Waals surface area contributed by atoms with Crippen LogP contribution in [0.2, 0.25) is 5.02 Å². The molecular weight excluding hydrogens is 316 g/mol. The third kappa shape index (κ3) is 3.43. The van der Waals surface area contributed by atoms with Crippen molar-refractivity contribution in [3.63, 3.8) is 0 Å². The zero-order valence-electron chi connectivity index (χ0n) is 10.7. The summed E-state index contributed by atoms with van der Waals surface area (Å²) in [7, 11) is -3.96. The quantitative estimate of drug-likeness (QED) is 0.872. The molecule has 0 amide bonds. The van der Waals surface area contributed by atoms with E-state index in [0.717, 1.165) is 0 Å². The molecule has 0 spiro atoms. The second kappa shape index (κ2) is 6.28. The molecule has 1 aromatic carbocycles. The van der Waals surface area contributed by atoms with E-state index in [2.05, 4.69) is 4.72 Å². The molecule has 1 atom stereocenters. The summed E-state index contributed by atoms with van der Waals surface area (Å²) in [5.74, 6) is 0.283. The van der Waals surface area contributed by atoms with Crippen LogP contribution < -0.4 is 4.72 Å². The Balaban J connectivity index is 2.32. The van der Waals surface area contributed by atoms with Gasteiger partial charge in [0.25, 0.3) is 0 Å². The second-order valence-electron chi connectivity index (χ2n) is 4.13. The Morgan fingerprint density at radius 2 is 2.19 bits per heavy atom. The smallest absolute Gasteiger partial charge is 0.242 e. The summed E-state index contributed by atoms with van der Waals surface area (Å²) in [6, 6.07) is 7.92. The van der Waals surface area contributed by atoms with Crippen LogP contribution in [-0.2, 0) is 10.0 Å². The molecule has 2 rings (SSSR count). The maximum Gasteiger partial charge on any atom is 0.242 e. The van der Waals surface area contributed by atoms with E-state index in [1.807, 2.05) is 6.07 Å². The number of hydrogen-bond donors (Lipinski definition) is 2. The number of nitriles is 1. The molecule has 1 aromatic heterocycles. The molecule has 0 aliphatic carbocycles. The van der Waals surface area contributed by atoms with Crippen molar-refractivity contribution in [3.05, 3.63) is 52.9 Å². The van der Waals surface area contributed by atoms with Gasteiger partial charge in [0.15, 0.2) is 0 Å². The van der Waals surface area contributed by atoms with Crippen LogP contribution in [0.1, 0.15) is 17.4 Å². The van der Waals surface area contributed by atoms with Gasteiger partial charge < -0.3 is 9.52 Å². The normalized spacial score (nSPS) is 12.8. The van der Waals surface area contributed by atoms with Crippen molar-refractivity contribution in [2.24, 2.45) is 0 Å². The van der Waals surface area contributed by atoms with Gasteiger partial charge in [-0.15, -0.1) is 0 Å². The van der Waals surface area contributed by atoms with Gasteiger partial charge >= 0.3 is 0 Å². The van der Waals surface area contributed by atoms with Gasteiger partial charge in [0, 0.05) is 0 Å². The number of sulfonamides is 1. The Kier molecular flexibility index (Phi) is 4.65. The standard InChI is InChI=1S/C13H11ClN2O4S/c14-10-6-9(7-15)3-4-13(10)21(18,19)16-11(8-17)12-2-1-5-20-12/h1-6,11,16-17H,8H2/t11-/m1/s1. The highest BCUT2D eigenvalue weighted by Crippen LogP contribution is 2.24. The molecule has 0 aliphatic rings. The molecule has 2 aromatic rings. The van der Waals surface area contributed by atoms with Crippen molar-refractivity contribution in [1.82, 2.24) is 4.72 Å². The maximum atomic E-state index is 12.3. The number of nitrogens with zero attached hydrogens (tertiary/aromatic N) is 1. The Bertz CT molecular complexity index is 766. The third-order valence-corrected chi connectivity index (χ3v) is 4.67. The molecule has 110 valence electrons. The summed E-state index contributed by atoms with van der Waals surface area (Å²) in [5.41, 5.74) is 0.253. The SMILES string of the molecule is N#Cc1ccc(S(=O)(=O)N[C@H](CO)c2ccco2)c(Cl)c1. The van der Waals surface area contributed by atoms with Crippen molar-refractivity contribution in [2.75, 3.05) is 6.61 Å². The average Bonchev–Trinajstić information content (AvgIpc) is 2.98. The molecule has 0 saturated carbocycles. The number of benzene rings is 1. The fourth-order valence-electron chi connectivity index (χ4n) is 1.71. The first-order chi connectivity index (χ1) is 9.97. The van der Waals surface area contributed by atoms with Crippen LogP contribution in [0.3, 0.4) is 0 Å². The molecule has 0 fully saturated rings. The molecule has 0 unspecified atom stereocenters. The fraction of sp³-hybridized carbons (Fsp3) is 0.154. The van der Waals surface area contributed by atoms with E-state index in [1.54, 1.807) is 12.1 Å². The van der Waals surface area contributed by atoms with E-state index >= 15 is 0 Å². The van der Waals surface area contributed by atoms with E-state index in [0.29, 0.717) is 0 Å². The molecule has 1 heterocycles. The van der Waals surface area contributed by atoms with Gasteiger partial charge in [0.05, 0.1) is 29.5 Å². The van der Waals surface area contributed by atoms with Crippen molar-refractivity contribution in [3.8, 4) is 6.07 Å². The van der Waals surface area contributed by atoms with Crippen LogP contribution in [0.15, 0.2) is 45.9 Å². The van der Waals surface area contributed by atoms with Gasteiger partial charge in [0.1, 0.15) is 16.7 Å². The Hall–Kier alpha value is -1.85. The molecule has 0 saturated heterocycles. The van der Waals surface area contributed by atoms with E-state index in [-0.39, 0.29) is 21.2 Å². The zero-order chi connectivity index (χ0) is 15.5. The summed E-state index contributed by atoms with van der Waals surface area (Å²) >= 11 is 5.89. The maximum absolute atomic E-state index is 12.3. The van der Waals surface area contributed by atoms with Crippen molar-refractivity contribution in [1.29, 1.82) is 5.26 Å². The summed E-state index contributed by atoms with van der Waals surface area (Å²) in [6.45, 7) is -0.472. The number of nitrogens with one attached hydrogen (secondary N) is 1. The summed E-state index contributed by atoms with van der Waals surface area (Å²) in [4.78, 5) is -0.173. The minimum absolute atomic E-state index is 0.0716. The van der Waals surface area contributed by atoms with Crippen molar-refractivity contribution >= 4 is 21.6 Å². The van der Waals surface area contributed by atoms with Crippen LogP contribution in [-0.4, -0.2) is 20.1 Å². The van der Waals surface area contributed by atoms with Crippen LogP contribution in [0.5, 0.6) is 0 Å². The van der Waals surface area contributed by atoms with E-state index < -0.39 is 22.7 Å². The molecule has 2 N–H and O–H groups in total. The number of hydrogen-bond acceptors (Lipinski definition) is 5. The first kappa shape index (κ1) is 15.5. The predicted molar refractivity (Wildman–Crippen MR) is 75.0 cm³/mol. The second-order valence-corrected chi connectivity index (χ2v) is 6.22. The Morgan fingerprint density at radius 1 is 1.43 bits per heavy atom. The number of halogens is 1. The van der Waals surface area contributed by atoms with Gasteiger partial charge in [-0.25, -0.2) is 8.42 Å². The lowest BCUT2D eigenvalue weighted by Crippen LogP contribution is -2.30. The molecule has 0 radical (unpaired) electrons. The summed E-state index contributed by atoms with van der Waals surface area (Å²) in [5, 5.41) is 18.0. The van der Waals surface area contributed by atoms with E-state index in [4.69, 9.17) is 21.3 Å². The fourth-order valence-corrected chi connectivity index (χ4v) is 3.45. The lowest BCUT2D eigenvalue weighted by Gasteiger charge is -2.15. The summed E-state index contributed by atoms with van der Waals surface area (Å²) in [6.07, 6.45) is 1.38. The molecule has 0 bridgehead atoms. The number of rotatable bonds is 5. The zero-order valence-corrected chi connectivity index (χ0v) is 12.2. The highest BCUT2D eigenvalue weighted by Gasteiger charge is 2.24. The Morgan fingerprint density at radius 3 is 2.71 bits per heavy atom. The van der Waals surface area contributed by atoms with Crippen molar-refractivity contribution in [2.45, 2.75) is 10.9 Å². The minimum atomic E-state index is -3.96. The first-order valence-corrected chi connectivity index (χ1v) is 7.70. The van der Waals surface area contributed by atoms with Crippen molar-refractivity contribution < 1.29 is 17.9 Å². The lowest BCUT2D eigenvalue weighted by atomic mass is 10.2. The molecule has 6 nitrogen and oxygen atoms in total. The van der Waals surface area contributed by atoms with Gasteiger partial charge in [-0.05, 0) is 30.3 Å². The Labute approximate surface area is 126 Å². The average molecular weight is 327 g/mol. The van der Waals surface area contributed by atoms with Gasteiger partial charge in [-0.1, -0.05) is 11.6 Å². The predicted octanol–water partition coefficient (Wildman–Crippen LogP) is 1.82. The van der Waals surface area contributed by atoms with Crippen LogP contribution in [0, 0.1) is 11.3 Å². The number of aliphatic hydroxyl groups excluding tert-OH is 1. The van der Waals surface area contributed by atoms with Crippen LogP contribution in [0.4, 0.5) is 0 Å². The highest BCUT2D eigenvalue weighted by atomic mass is 35.5. The largest absolute Gasteiger partial charge is 0.468 e. The third-order valence-electron chi connectivity index (χ3n) is 2.72. The van der Waals surface area contributed by atoms with Crippen LogP contribution >= 0.6 is 11.6 Å². The minimum Gasteiger partial charge on any atom is -0.468 e. The molecule has 0 aliphatic heterocycles. The molecular formula is C13H11ClN2O4S. The van der Waals surface area contributed by atoms with Gasteiger partial charge in [-0.3, -0.25) is 0 Å². The van der Waals surface area contributed by atoms with Gasteiger partial charge in [-0.2, -0.15) is 9.98 Å². The van der Waals surface area contributed by atoms with E-state index in [9.17, 15) is 13.5 Å². The number of aliphatic hydroxyl groups is 1. The monoisotopic (exact) mass is 326 g/mol. The topological polar surface area (TPSA) is 103 Å². The lowest BCUT2D eigenvalue weighted by molar-refractivity contribution is 0.242. The van der Waals surface area contributed by atoms with Crippen LogP contribution in [0.25, 0.3) is 0 Å². The summed E-state index contributed by atoms with van der Waals surface area (Å²) < 4.78 is 31.9. The first-order valence-electron chi connectivity index (χ1n) is 5.84. The molecule has 21 heavy (non-hydrogen) atoms. The van der Waals surface area contributed by atoms with Gasteiger partial charge in [0.2, 0.25) is 10.0 Å². The molecule has 8 heteroatoms. The van der Waals surface area contributed by atoms with E-state index in [1.165, 1.54) is 24.5 Å².